The van der Waals surface area contributed by atoms with Crippen LogP contribution in [-0.4, -0.2) is 45.0 Å². The van der Waals surface area contributed by atoms with E-state index in [1.165, 1.54) is 6.07 Å². The molecule has 7 nitrogen and oxygen atoms in total. The van der Waals surface area contributed by atoms with Crippen LogP contribution in [0, 0.1) is 19.7 Å². The van der Waals surface area contributed by atoms with Crippen molar-refractivity contribution in [1.82, 2.24) is 25.3 Å². The van der Waals surface area contributed by atoms with Crippen molar-refractivity contribution in [2.75, 3.05) is 18.0 Å². The van der Waals surface area contributed by atoms with Gasteiger partial charge in [0.25, 0.3) is 5.91 Å². The molecular formula is C26H28ClFN6O. The van der Waals surface area contributed by atoms with E-state index < -0.39 is 11.7 Å². The number of benzene rings is 2. The number of halogens is 2. The van der Waals surface area contributed by atoms with E-state index in [1.54, 1.807) is 35.0 Å². The average Bonchev–Trinajstić information content (AvgIpc) is 3.18. The Morgan fingerprint density at radius 1 is 1.20 bits per heavy atom. The van der Waals surface area contributed by atoms with E-state index in [1.807, 2.05) is 38.1 Å². The van der Waals surface area contributed by atoms with Gasteiger partial charge in [0.05, 0.1) is 17.3 Å². The van der Waals surface area contributed by atoms with Crippen LogP contribution < -0.4 is 10.2 Å². The number of hydrogen-bond acceptors (Lipinski definition) is 5. The van der Waals surface area contributed by atoms with Crippen LogP contribution in [0.5, 0.6) is 0 Å². The lowest BCUT2D eigenvalue weighted by atomic mass is 10.0. The Balaban J connectivity index is 0.00000289. The minimum atomic E-state index is -0.585. The number of carbonyl (C=O) groups excluding carboxylic acids is 1. The van der Waals surface area contributed by atoms with Crippen molar-refractivity contribution in [3.63, 3.8) is 0 Å². The van der Waals surface area contributed by atoms with Crippen molar-refractivity contribution in [3.8, 4) is 11.3 Å². The van der Waals surface area contributed by atoms with Gasteiger partial charge < -0.3 is 5.32 Å². The normalized spacial score (nSPS) is 15.6. The predicted molar refractivity (Wildman–Crippen MR) is 138 cm³/mol. The van der Waals surface area contributed by atoms with Crippen LogP contribution in [0.2, 0.25) is 0 Å². The van der Waals surface area contributed by atoms with Crippen molar-refractivity contribution in [3.05, 3.63) is 71.3 Å². The van der Waals surface area contributed by atoms with E-state index in [9.17, 15) is 4.79 Å². The number of hydrogen-bond donors (Lipinski definition) is 1. The molecule has 0 saturated carbocycles. The molecule has 4 aromatic rings. The first-order valence-corrected chi connectivity index (χ1v) is 11.5. The van der Waals surface area contributed by atoms with Gasteiger partial charge in [-0.05, 0) is 62.4 Å². The lowest BCUT2D eigenvalue weighted by molar-refractivity contribution is 0.0968. The molecule has 1 fully saturated rings. The maximum absolute atomic E-state index is 15.4. The quantitative estimate of drug-likeness (QED) is 0.448. The second kappa shape index (κ2) is 10.1. The number of aryl methyl sites for hydroxylation is 2. The van der Waals surface area contributed by atoms with E-state index in [-0.39, 0.29) is 24.0 Å². The number of carbonyl (C=O) groups is 1. The third kappa shape index (κ3) is 4.51. The van der Waals surface area contributed by atoms with Crippen LogP contribution in [0.25, 0.3) is 22.0 Å². The Kier molecular flexibility index (Phi) is 7.14. The highest BCUT2D eigenvalue weighted by atomic mass is 35.5. The third-order valence-corrected chi connectivity index (χ3v) is 6.64. The fourth-order valence-corrected chi connectivity index (χ4v) is 4.70. The molecule has 0 bridgehead atoms. The van der Waals surface area contributed by atoms with Gasteiger partial charge in [-0.3, -0.25) is 14.4 Å². The first-order valence-electron chi connectivity index (χ1n) is 11.5. The second-order valence-electron chi connectivity index (χ2n) is 8.82. The number of amides is 1. The molecule has 0 spiro atoms. The Morgan fingerprint density at radius 3 is 2.71 bits per heavy atom. The minimum Gasteiger partial charge on any atom is -0.315 e. The molecule has 0 aliphatic carbocycles. The summed E-state index contributed by atoms with van der Waals surface area (Å²) in [6.07, 6.45) is 3.47. The smallest absolute Gasteiger partial charge is 0.262 e. The largest absolute Gasteiger partial charge is 0.315 e. The highest BCUT2D eigenvalue weighted by Gasteiger charge is 2.32. The molecule has 1 N–H and O–H groups in total. The molecule has 5 rings (SSSR count). The first kappa shape index (κ1) is 24.8. The summed E-state index contributed by atoms with van der Waals surface area (Å²) >= 11 is 0. The molecule has 1 saturated heterocycles. The van der Waals surface area contributed by atoms with Crippen LogP contribution in [0.4, 0.5) is 10.2 Å². The Labute approximate surface area is 209 Å². The van der Waals surface area contributed by atoms with Gasteiger partial charge in [-0.1, -0.05) is 29.5 Å². The molecule has 2 aromatic carbocycles. The van der Waals surface area contributed by atoms with Gasteiger partial charge in [-0.25, -0.2) is 9.37 Å². The number of fused-ring (bicyclic) bond motifs is 1. The molecule has 2 aromatic heterocycles. The lowest BCUT2D eigenvalue weighted by Crippen LogP contribution is -2.49. The monoisotopic (exact) mass is 494 g/mol. The molecule has 0 unspecified atom stereocenters. The van der Waals surface area contributed by atoms with Crippen molar-refractivity contribution in [2.24, 2.45) is 7.05 Å². The highest BCUT2D eigenvalue weighted by Crippen LogP contribution is 2.32. The molecule has 35 heavy (non-hydrogen) atoms. The maximum atomic E-state index is 15.4. The zero-order chi connectivity index (χ0) is 23.8. The zero-order valence-corrected chi connectivity index (χ0v) is 20.8. The van der Waals surface area contributed by atoms with Crippen LogP contribution in [0.15, 0.2) is 48.7 Å². The number of pyridine rings is 1. The summed E-state index contributed by atoms with van der Waals surface area (Å²) in [4.78, 5) is 20.2. The summed E-state index contributed by atoms with van der Waals surface area (Å²) in [5.41, 5.74) is 3.05. The molecule has 3 heterocycles. The van der Waals surface area contributed by atoms with Gasteiger partial charge in [0.2, 0.25) is 0 Å². The highest BCUT2D eigenvalue weighted by molar-refractivity contribution is 6.11. The zero-order valence-electron chi connectivity index (χ0n) is 20.0. The molecular weight excluding hydrogens is 467 g/mol. The van der Waals surface area contributed by atoms with E-state index in [0.29, 0.717) is 23.6 Å². The maximum Gasteiger partial charge on any atom is 0.262 e. The summed E-state index contributed by atoms with van der Waals surface area (Å²) < 4.78 is 17.1. The Morgan fingerprint density at radius 2 is 2.03 bits per heavy atom. The summed E-state index contributed by atoms with van der Waals surface area (Å²) in [7, 11) is 1.79. The van der Waals surface area contributed by atoms with Gasteiger partial charge in [0.1, 0.15) is 17.3 Å². The fraction of sp³-hybridized carbons (Fsp3) is 0.308. The number of aromatic nitrogens is 4. The molecule has 1 aliphatic rings. The Hall–Kier alpha value is -3.36. The van der Waals surface area contributed by atoms with Crippen LogP contribution in [0.3, 0.4) is 0 Å². The second-order valence-corrected chi connectivity index (χ2v) is 8.82. The van der Waals surface area contributed by atoms with Gasteiger partial charge in [-0.2, -0.15) is 0 Å². The van der Waals surface area contributed by atoms with Crippen LogP contribution in [0.1, 0.15) is 34.5 Å². The standard InChI is InChI=1S/C26H27FN6O.ClH/c1-16-6-4-7-18-11-13-29-25(23(16)18)33(20-8-5-12-28-15-20)26(34)21-10-9-19(14-22(21)27)24-17(2)32(3)31-30-24;/h4,6-7,9-11,13-14,20,28H,5,8,12,15H2,1-3H3;1H/t20-;/m1./s1. The van der Waals surface area contributed by atoms with Crippen molar-refractivity contribution in [1.29, 1.82) is 0 Å². The third-order valence-electron chi connectivity index (χ3n) is 6.64. The van der Waals surface area contributed by atoms with E-state index in [0.717, 1.165) is 41.4 Å². The van der Waals surface area contributed by atoms with Gasteiger partial charge >= 0.3 is 0 Å². The lowest BCUT2D eigenvalue weighted by Gasteiger charge is -2.35. The van der Waals surface area contributed by atoms with Crippen LogP contribution in [-0.2, 0) is 7.05 Å². The van der Waals surface area contributed by atoms with E-state index >= 15 is 4.39 Å². The summed E-state index contributed by atoms with van der Waals surface area (Å²) in [5.74, 6) is -0.405. The molecule has 9 heteroatoms. The number of anilines is 1. The number of piperidine rings is 1. The molecule has 1 aliphatic heterocycles. The van der Waals surface area contributed by atoms with Crippen molar-refractivity contribution >= 4 is 34.9 Å². The van der Waals surface area contributed by atoms with E-state index in [4.69, 9.17) is 0 Å². The molecule has 0 radical (unpaired) electrons. The average molecular weight is 495 g/mol. The molecule has 1 amide bonds. The van der Waals surface area contributed by atoms with Gasteiger partial charge in [0, 0.05) is 30.7 Å². The summed E-state index contributed by atoms with van der Waals surface area (Å²) in [6.45, 7) is 5.42. The van der Waals surface area contributed by atoms with Crippen LogP contribution >= 0.6 is 12.4 Å². The Bertz CT molecular complexity index is 1380. The number of nitrogens with one attached hydrogen (secondary N) is 1. The van der Waals surface area contributed by atoms with Gasteiger partial charge in [0.15, 0.2) is 0 Å². The fourth-order valence-electron chi connectivity index (χ4n) is 4.70. The first-order chi connectivity index (χ1) is 16.5. The molecule has 182 valence electrons. The van der Waals surface area contributed by atoms with E-state index in [2.05, 4.69) is 20.6 Å². The summed E-state index contributed by atoms with van der Waals surface area (Å²) in [5, 5.41) is 13.4. The predicted octanol–water partition coefficient (Wildman–Crippen LogP) is 4.61. The SMILES string of the molecule is Cc1cccc2ccnc(N(C(=O)c3ccc(-c4nnn(C)c4C)cc3F)[C@@H]3CCCNC3)c12.Cl. The number of rotatable bonds is 4. The summed E-state index contributed by atoms with van der Waals surface area (Å²) in [6, 6.07) is 12.5. The van der Waals surface area contributed by atoms with Gasteiger partial charge in [-0.15, -0.1) is 17.5 Å². The molecule has 1 atom stereocenters. The van der Waals surface area contributed by atoms with Crippen molar-refractivity contribution in [2.45, 2.75) is 32.7 Å². The van der Waals surface area contributed by atoms with Crippen molar-refractivity contribution < 1.29 is 9.18 Å². The topological polar surface area (TPSA) is 75.9 Å². The number of nitrogens with zero attached hydrogens (tertiary/aromatic N) is 5. The minimum absolute atomic E-state index is 0.